The first-order valence-electron chi connectivity index (χ1n) is 14.7. The van der Waals surface area contributed by atoms with Crippen LogP contribution in [-0.2, 0) is 9.59 Å². The number of hydrogen-bond donors (Lipinski definition) is 3. The van der Waals surface area contributed by atoms with Crippen molar-refractivity contribution in [1.82, 2.24) is 10.3 Å². The van der Waals surface area contributed by atoms with Gasteiger partial charge in [-0.15, -0.1) is 23.1 Å². The predicted octanol–water partition coefficient (Wildman–Crippen LogP) is 8.39. The van der Waals surface area contributed by atoms with E-state index >= 15 is 0 Å². The third-order valence-electron chi connectivity index (χ3n) is 6.72. The first-order chi connectivity index (χ1) is 22.8. The van der Waals surface area contributed by atoms with Gasteiger partial charge < -0.3 is 20.7 Å². The molecule has 4 aromatic carbocycles. The Bertz CT molecular complexity index is 1880. The van der Waals surface area contributed by atoms with E-state index in [9.17, 15) is 14.4 Å². The van der Waals surface area contributed by atoms with Gasteiger partial charge in [-0.25, -0.2) is 4.98 Å². The van der Waals surface area contributed by atoms with Crippen molar-refractivity contribution in [2.45, 2.75) is 24.0 Å². The number of halogens is 1. The van der Waals surface area contributed by atoms with Gasteiger partial charge in [0.25, 0.3) is 11.8 Å². The lowest BCUT2D eigenvalue weighted by Crippen LogP contribution is -2.30. The molecule has 1 unspecified atom stereocenters. The molecule has 238 valence electrons. The molecule has 5 aromatic rings. The summed E-state index contributed by atoms with van der Waals surface area (Å²) in [5.41, 5.74) is 3.31. The fraction of sp³-hybridized carbons (Fsp3) is 0.111. The Morgan fingerprint density at radius 2 is 1.62 bits per heavy atom. The molecule has 5 rings (SSSR count). The van der Waals surface area contributed by atoms with Crippen LogP contribution in [0.25, 0.3) is 17.3 Å². The highest BCUT2D eigenvalue weighted by molar-refractivity contribution is 8.00. The lowest BCUT2D eigenvalue weighted by atomic mass is 10.1. The maximum absolute atomic E-state index is 13.5. The van der Waals surface area contributed by atoms with Crippen molar-refractivity contribution in [2.75, 3.05) is 17.2 Å². The van der Waals surface area contributed by atoms with Gasteiger partial charge in [-0.2, -0.15) is 0 Å². The average Bonchev–Trinajstić information content (AvgIpc) is 3.55. The number of amides is 3. The minimum Gasteiger partial charge on any atom is -0.493 e. The van der Waals surface area contributed by atoms with E-state index in [1.165, 1.54) is 23.1 Å². The lowest BCUT2D eigenvalue weighted by Gasteiger charge is -2.14. The molecule has 0 saturated heterocycles. The van der Waals surface area contributed by atoms with Gasteiger partial charge in [-0.3, -0.25) is 14.4 Å². The molecule has 0 saturated carbocycles. The molecule has 1 aromatic heterocycles. The SMILES string of the molecule is CCOc1ccccc1/C=C(\NC(=O)c1ccccc1)C(=O)Nc1ccc(SC(C)C(=O)Nc2nc(-c3ccc(Cl)cc3)cs2)cc1. The summed E-state index contributed by atoms with van der Waals surface area (Å²) in [6, 6.07) is 30.4. The van der Waals surface area contributed by atoms with Crippen molar-refractivity contribution in [3.05, 3.63) is 130 Å². The number of nitrogens with one attached hydrogen (secondary N) is 3. The molecule has 0 aliphatic heterocycles. The minimum absolute atomic E-state index is 0.0520. The summed E-state index contributed by atoms with van der Waals surface area (Å²) < 4.78 is 5.72. The summed E-state index contributed by atoms with van der Waals surface area (Å²) in [6.07, 6.45) is 1.59. The molecule has 47 heavy (non-hydrogen) atoms. The summed E-state index contributed by atoms with van der Waals surface area (Å²) in [4.78, 5) is 44.8. The number of nitrogens with zero attached hydrogens (tertiary/aromatic N) is 1. The average molecular weight is 683 g/mol. The summed E-state index contributed by atoms with van der Waals surface area (Å²) in [7, 11) is 0. The fourth-order valence-corrected chi connectivity index (χ4v) is 6.06. The first-order valence-corrected chi connectivity index (χ1v) is 16.8. The highest BCUT2D eigenvalue weighted by Crippen LogP contribution is 2.29. The van der Waals surface area contributed by atoms with E-state index in [1.54, 1.807) is 60.7 Å². The van der Waals surface area contributed by atoms with Crippen molar-refractivity contribution in [2.24, 2.45) is 0 Å². The van der Waals surface area contributed by atoms with Crippen LogP contribution in [-0.4, -0.2) is 34.6 Å². The van der Waals surface area contributed by atoms with Gasteiger partial charge in [0.2, 0.25) is 5.91 Å². The number of thioether (sulfide) groups is 1. The Morgan fingerprint density at radius 3 is 2.34 bits per heavy atom. The summed E-state index contributed by atoms with van der Waals surface area (Å²) in [6.45, 7) is 4.14. The zero-order valence-corrected chi connectivity index (χ0v) is 27.9. The van der Waals surface area contributed by atoms with Crippen molar-refractivity contribution in [3.8, 4) is 17.0 Å². The Morgan fingerprint density at radius 1 is 0.915 bits per heavy atom. The quantitative estimate of drug-likeness (QED) is 0.0901. The monoisotopic (exact) mass is 682 g/mol. The number of anilines is 2. The number of carbonyl (C=O) groups is 3. The van der Waals surface area contributed by atoms with Crippen LogP contribution in [0.3, 0.4) is 0 Å². The van der Waals surface area contributed by atoms with Crippen LogP contribution in [0, 0.1) is 0 Å². The number of hydrogen-bond acceptors (Lipinski definition) is 7. The lowest BCUT2D eigenvalue weighted by molar-refractivity contribution is -0.115. The van der Waals surface area contributed by atoms with E-state index in [-0.39, 0.29) is 11.6 Å². The minimum atomic E-state index is -0.504. The second-order valence-electron chi connectivity index (χ2n) is 10.1. The summed E-state index contributed by atoms with van der Waals surface area (Å²) >= 11 is 8.71. The predicted molar refractivity (Wildman–Crippen MR) is 191 cm³/mol. The zero-order valence-electron chi connectivity index (χ0n) is 25.5. The smallest absolute Gasteiger partial charge is 0.272 e. The Kier molecular flexibility index (Phi) is 11.5. The Labute approximate surface area is 286 Å². The van der Waals surface area contributed by atoms with Gasteiger partial charge in [0.1, 0.15) is 11.4 Å². The third-order valence-corrected chi connectivity index (χ3v) is 8.84. The topological polar surface area (TPSA) is 109 Å². The third kappa shape index (κ3) is 9.32. The van der Waals surface area contributed by atoms with Crippen molar-refractivity contribution in [3.63, 3.8) is 0 Å². The van der Waals surface area contributed by atoms with Crippen LogP contribution in [0.4, 0.5) is 10.8 Å². The number of ether oxygens (including phenoxy) is 1. The number of carbonyl (C=O) groups excluding carboxylic acids is 3. The Hall–Kier alpha value is -4.90. The van der Waals surface area contributed by atoms with E-state index in [2.05, 4.69) is 20.9 Å². The number of aromatic nitrogens is 1. The van der Waals surface area contributed by atoms with E-state index in [1.807, 2.05) is 67.8 Å². The zero-order chi connectivity index (χ0) is 33.2. The molecular formula is C36H31ClN4O4S2. The van der Waals surface area contributed by atoms with Gasteiger partial charge in [0.05, 0.1) is 17.6 Å². The van der Waals surface area contributed by atoms with E-state index < -0.39 is 17.1 Å². The standard InChI is InChI=1S/C36H31ClN4O4S2/c1-3-45-32-12-8-7-11-26(32)21-30(39-34(43)25-9-5-4-6-10-25)35(44)38-28-17-19-29(20-18-28)47-23(2)33(42)41-36-40-31(22-46-36)24-13-15-27(37)16-14-24/h4-23H,3H2,1-2H3,(H,38,44)(H,39,43)(H,40,41,42)/b30-21-. The van der Waals surface area contributed by atoms with E-state index in [0.29, 0.717) is 39.3 Å². The molecule has 0 spiro atoms. The second-order valence-corrected chi connectivity index (χ2v) is 12.8. The van der Waals surface area contributed by atoms with Gasteiger partial charge in [0.15, 0.2) is 5.13 Å². The van der Waals surface area contributed by atoms with Crippen LogP contribution >= 0.6 is 34.7 Å². The van der Waals surface area contributed by atoms with Crippen molar-refractivity contribution >= 4 is 69.3 Å². The summed E-state index contributed by atoms with van der Waals surface area (Å²) in [5, 5.41) is 11.1. The van der Waals surface area contributed by atoms with Gasteiger partial charge in [-0.05, 0) is 74.5 Å². The van der Waals surface area contributed by atoms with Crippen LogP contribution in [0.1, 0.15) is 29.8 Å². The van der Waals surface area contributed by atoms with Gasteiger partial charge in [0, 0.05) is 37.7 Å². The normalized spacial score (nSPS) is 11.8. The number of para-hydroxylation sites is 1. The maximum atomic E-state index is 13.5. The molecule has 0 fully saturated rings. The molecule has 0 bridgehead atoms. The molecule has 1 atom stereocenters. The molecule has 0 radical (unpaired) electrons. The molecule has 11 heteroatoms. The van der Waals surface area contributed by atoms with E-state index in [4.69, 9.17) is 16.3 Å². The number of thiazole rings is 1. The molecule has 3 N–H and O–H groups in total. The highest BCUT2D eigenvalue weighted by Gasteiger charge is 2.18. The number of rotatable bonds is 12. The highest BCUT2D eigenvalue weighted by atomic mass is 35.5. The fourth-order valence-electron chi connectivity index (χ4n) is 4.35. The molecule has 1 heterocycles. The first kappa shape index (κ1) is 33.5. The number of benzene rings is 4. The molecule has 8 nitrogen and oxygen atoms in total. The molecule has 3 amide bonds. The largest absolute Gasteiger partial charge is 0.493 e. The molecule has 0 aliphatic rings. The van der Waals surface area contributed by atoms with Crippen LogP contribution < -0.4 is 20.7 Å². The van der Waals surface area contributed by atoms with Crippen LogP contribution in [0.2, 0.25) is 5.02 Å². The van der Waals surface area contributed by atoms with Crippen molar-refractivity contribution in [1.29, 1.82) is 0 Å². The van der Waals surface area contributed by atoms with E-state index in [0.717, 1.165) is 16.2 Å². The summed E-state index contributed by atoms with van der Waals surface area (Å²) in [5.74, 6) is -0.514. The van der Waals surface area contributed by atoms with Crippen molar-refractivity contribution < 1.29 is 19.1 Å². The van der Waals surface area contributed by atoms with Gasteiger partial charge in [-0.1, -0.05) is 60.1 Å². The van der Waals surface area contributed by atoms with Crippen LogP contribution in [0.15, 0.2) is 119 Å². The van der Waals surface area contributed by atoms with Crippen LogP contribution in [0.5, 0.6) is 5.75 Å². The second kappa shape index (κ2) is 16.1. The molecular weight excluding hydrogens is 652 g/mol. The van der Waals surface area contributed by atoms with Gasteiger partial charge >= 0.3 is 0 Å². The molecule has 0 aliphatic carbocycles. The Balaban J connectivity index is 1.23. The maximum Gasteiger partial charge on any atom is 0.272 e.